The van der Waals surface area contributed by atoms with Crippen LogP contribution in [0.2, 0.25) is 0 Å². The lowest BCUT2D eigenvalue weighted by Crippen LogP contribution is -2.38. The molecule has 2 atom stereocenters. The predicted molar refractivity (Wildman–Crippen MR) is 80.1 cm³/mol. The zero-order valence-corrected chi connectivity index (χ0v) is 12.9. The molecule has 2 unspecified atom stereocenters. The van der Waals surface area contributed by atoms with Crippen molar-refractivity contribution in [2.45, 2.75) is 58.0 Å². The van der Waals surface area contributed by atoms with Gasteiger partial charge in [0.15, 0.2) is 0 Å². The summed E-state index contributed by atoms with van der Waals surface area (Å²) in [6, 6.07) is 1.48. The Kier molecular flexibility index (Phi) is 7.87. The Labute approximate surface area is 114 Å². The van der Waals surface area contributed by atoms with E-state index < -0.39 is 0 Å². The summed E-state index contributed by atoms with van der Waals surface area (Å²) in [6.45, 7) is 9.54. The monoisotopic (exact) mass is 255 g/mol. The van der Waals surface area contributed by atoms with Crippen LogP contribution >= 0.6 is 0 Å². The van der Waals surface area contributed by atoms with E-state index in [1.165, 1.54) is 51.7 Å². The van der Waals surface area contributed by atoms with Crippen molar-refractivity contribution < 1.29 is 0 Å². The molecule has 0 spiro atoms. The molecule has 0 amide bonds. The van der Waals surface area contributed by atoms with Crippen molar-refractivity contribution >= 4 is 0 Å². The highest BCUT2D eigenvalue weighted by molar-refractivity contribution is 4.81. The molecule has 0 aromatic rings. The van der Waals surface area contributed by atoms with E-state index in [-0.39, 0.29) is 0 Å². The van der Waals surface area contributed by atoms with Crippen LogP contribution in [0, 0.1) is 0 Å². The van der Waals surface area contributed by atoms with Crippen LogP contribution in [0.4, 0.5) is 0 Å². The summed E-state index contributed by atoms with van der Waals surface area (Å²) < 4.78 is 0. The van der Waals surface area contributed by atoms with E-state index >= 15 is 0 Å². The Morgan fingerprint density at radius 1 is 1.39 bits per heavy atom. The number of hydrogen-bond donors (Lipinski definition) is 1. The van der Waals surface area contributed by atoms with Crippen LogP contribution in [0.25, 0.3) is 0 Å². The highest BCUT2D eigenvalue weighted by atomic mass is 15.2. The third-order valence-electron chi connectivity index (χ3n) is 3.90. The van der Waals surface area contributed by atoms with E-state index in [2.05, 4.69) is 43.1 Å². The molecule has 0 saturated carbocycles. The molecule has 0 aromatic carbocycles. The first-order valence-corrected chi connectivity index (χ1v) is 7.75. The lowest BCUT2D eigenvalue weighted by atomic mass is 10.1. The number of rotatable bonds is 9. The molecular weight excluding hydrogens is 222 g/mol. The van der Waals surface area contributed by atoms with Crippen molar-refractivity contribution in [2.24, 2.45) is 0 Å². The summed E-state index contributed by atoms with van der Waals surface area (Å²) in [5, 5.41) is 3.57. The standard InChI is InChI=1S/C15H33N3/c1-5-10-16-14(2)8-6-11-18-12-7-9-15(18)13-17(3)4/h14-16H,5-13H2,1-4H3. The smallest absolute Gasteiger partial charge is 0.0223 e. The average Bonchev–Trinajstić information content (AvgIpc) is 2.73. The second kappa shape index (κ2) is 8.89. The fourth-order valence-electron chi connectivity index (χ4n) is 2.91. The van der Waals surface area contributed by atoms with Crippen molar-refractivity contribution in [2.75, 3.05) is 40.3 Å². The summed E-state index contributed by atoms with van der Waals surface area (Å²) in [5.41, 5.74) is 0. The van der Waals surface area contributed by atoms with Crippen LogP contribution in [0.1, 0.15) is 46.0 Å². The zero-order valence-electron chi connectivity index (χ0n) is 12.9. The Morgan fingerprint density at radius 3 is 2.83 bits per heavy atom. The summed E-state index contributed by atoms with van der Waals surface area (Å²) >= 11 is 0. The molecule has 0 aromatic heterocycles. The molecule has 1 aliphatic heterocycles. The van der Waals surface area contributed by atoms with E-state index in [1.807, 2.05) is 0 Å². The third-order valence-corrected chi connectivity index (χ3v) is 3.90. The molecule has 0 bridgehead atoms. The van der Waals surface area contributed by atoms with Gasteiger partial charge in [0.1, 0.15) is 0 Å². The molecule has 1 aliphatic rings. The first-order chi connectivity index (χ1) is 8.63. The van der Waals surface area contributed by atoms with Gasteiger partial charge < -0.3 is 10.2 Å². The van der Waals surface area contributed by atoms with E-state index in [4.69, 9.17) is 0 Å². The first-order valence-electron chi connectivity index (χ1n) is 7.75. The van der Waals surface area contributed by atoms with Crippen molar-refractivity contribution in [3.8, 4) is 0 Å². The fourth-order valence-corrected chi connectivity index (χ4v) is 2.91. The van der Waals surface area contributed by atoms with Crippen molar-refractivity contribution in [1.29, 1.82) is 0 Å². The minimum atomic E-state index is 0.680. The van der Waals surface area contributed by atoms with Gasteiger partial charge >= 0.3 is 0 Å². The molecular formula is C15H33N3. The van der Waals surface area contributed by atoms with Crippen LogP contribution in [-0.4, -0.2) is 62.2 Å². The van der Waals surface area contributed by atoms with Crippen LogP contribution < -0.4 is 5.32 Å². The number of likely N-dealkylation sites (tertiary alicyclic amines) is 1. The molecule has 1 rings (SSSR count). The van der Waals surface area contributed by atoms with Crippen LogP contribution in [-0.2, 0) is 0 Å². The van der Waals surface area contributed by atoms with Gasteiger partial charge in [-0.05, 0) is 72.8 Å². The highest BCUT2D eigenvalue weighted by Crippen LogP contribution is 2.18. The maximum absolute atomic E-state index is 3.57. The minimum Gasteiger partial charge on any atom is -0.314 e. The van der Waals surface area contributed by atoms with Crippen molar-refractivity contribution in [3.05, 3.63) is 0 Å². The van der Waals surface area contributed by atoms with Gasteiger partial charge in [0.25, 0.3) is 0 Å². The molecule has 1 fully saturated rings. The Balaban J connectivity index is 2.13. The van der Waals surface area contributed by atoms with E-state index in [0.29, 0.717) is 6.04 Å². The SMILES string of the molecule is CCCNC(C)CCCN1CCCC1CN(C)C. The topological polar surface area (TPSA) is 18.5 Å². The number of hydrogen-bond acceptors (Lipinski definition) is 3. The molecule has 3 heteroatoms. The summed E-state index contributed by atoms with van der Waals surface area (Å²) in [7, 11) is 4.38. The fraction of sp³-hybridized carbons (Fsp3) is 1.00. The third kappa shape index (κ3) is 6.17. The number of nitrogens with one attached hydrogen (secondary N) is 1. The lowest BCUT2D eigenvalue weighted by Gasteiger charge is -2.27. The van der Waals surface area contributed by atoms with Gasteiger partial charge in [-0.25, -0.2) is 0 Å². The largest absolute Gasteiger partial charge is 0.314 e. The number of likely N-dealkylation sites (N-methyl/N-ethyl adjacent to an activating group) is 1. The lowest BCUT2D eigenvalue weighted by molar-refractivity contribution is 0.203. The molecule has 1 N–H and O–H groups in total. The van der Waals surface area contributed by atoms with Crippen LogP contribution in [0.3, 0.4) is 0 Å². The highest BCUT2D eigenvalue weighted by Gasteiger charge is 2.24. The second-order valence-corrected chi connectivity index (χ2v) is 6.09. The molecule has 1 heterocycles. The minimum absolute atomic E-state index is 0.680. The summed E-state index contributed by atoms with van der Waals surface area (Å²) in [4.78, 5) is 5.03. The molecule has 3 nitrogen and oxygen atoms in total. The van der Waals surface area contributed by atoms with Gasteiger partial charge in [-0.15, -0.1) is 0 Å². The first kappa shape index (κ1) is 15.9. The molecule has 108 valence electrons. The van der Waals surface area contributed by atoms with Crippen molar-refractivity contribution in [3.63, 3.8) is 0 Å². The van der Waals surface area contributed by atoms with Gasteiger partial charge in [0, 0.05) is 18.6 Å². The maximum atomic E-state index is 3.57. The Morgan fingerprint density at radius 2 is 2.17 bits per heavy atom. The molecule has 18 heavy (non-hydrogen) atoms. The van der Waals surface area contributed by atoms with Crippen molar-refractivity contribution in [1.82, 2.24) is 15.1 Å². The summed E-state index contributed by atoms with van der Waals surface area (Å²) in [5.74, 6) is 0. The Hall–Kier alpha value is -0.120. The van der Waals surface area contributed by atoms with Gasteiger partial charge in [-0.1, -0.05) is 6.92 Å². The van der Waals surface area contributed by atoms with Gasteiger partial charge in [0.2, 0.25) is 0 Å². The predicted octanol–water partition coefficient (Wildman–Crippen LogP) is 2.18. The normalized spacial score (nSPS) is 22.8. The maximum Gasteiger partial charge on any atom is 0.0223 e. The molecule has 1 saturated heterocycles. The number of nitrogens with zero attached hydrogens (tertiary/aromatic N) is 2. The van der Waals surface area contributed by atoms with E-state index in [0.717, 1.165) is 12.6 Å². The second-order valence-electron chi connectivity index (χ2n) is 6.09. The van der Waals surface area contributed by atoms with E-state index in [1.54, 1.807) is 0 Å². The Bertz CT molecular complexity index is 206. The van der Waals surface area contributed by atoms with Crippen LogP contribution in [0.15, 0.2) is 0 Å². The zero-order chi connectivity index (χ0) is 13.4. The van der Waals surface area contributed by atoms with Gasteiger partial charge in [-0.2, -0.15) is 0 Å². The van der Waals surface area contributed by atoms with Crippen LogP contribution in [0.5, 0.6) is 0 Å². The van der Waals surface area contributed by atoms with E-state index in [9.17, 15) is 0 Å². The summed E-state index contributed by atoms with van der Waals surface area (Å²) in [6.07, 6.45) is 6.67. The quantitative estimate of drug-likeness (QED) is 0.681. The van der Waals surface area contributed by atoms with Gasteiger partial charge in [-0.3, -0.25) is 4.90 Å². The molecule has 0 radical (unpaired) electrons. The van der Waals surface area contributed by atoms with Gasteiger partial charge in [0.05, 0.1) is 0 Å². The average molecular weight is 255 g/mol. The molecule has 0 aliphatic carbocycles.